The number of rotatable bonds is 6. The van der Waals surface area contributed by atoms with Crippen LogP contribution in [0.2, 0.25) is 0 Å². The fraction of sp³-hybridized carbons (Fsp3) is 1.00. The Morgan fingerprint density at radius 1 is 1.50 bits per heavy atom. The van der Waals surface area contributed by atoms with Crippen LogP contribution in [-0.4, -0.2) is 32.8 Å². The van der Waals surface area contributed by atoms with E-state index in [9.17, 15) is 8.42 Å². The summed E-state index contributed by atoms with van der Waals surface area (Å²) in [7, 11) is -3.04. The maximum absolute atomic E-state index is 11.1. The highest BCUT2D eigenvalue weighted by atomic mass is 32.2. The van der Waals surface area contributed by atoms with Crippen molar-refractivity contribution in [1.29, 1.82) is 0 Å². The molecule has 0 heterocycles. The van der Waals surface area contributed by atoms with E-state index in [-0.39, 0.29) is 17.7 Å². The van der Waals surface area contributed by atoms with Gasteiger partial charge in [0, 0.05) is 12.6 Å². The van der Waals surface area contributed by atoms with Crippen molar-refractivity contribution in [3.63, 3.8) is 0 Å². The molecule has 1 unspecified atom stereocenters. The number of hydrogen-bond acceptors (Lipinski definition) is 4. The molecule has 0 aliphatic heterocycles. The van der Waals surface area contributed by atoms with Crippen molar-refractivity contribution in [1.82, 2.24) is 0 Å². The van der Waals surface area contributed by atoms with Gasteiger partial charge in [-0.3, -0.25) is 0 Å². The number of nitrogens with two attached hydrogens (primary N) is 1. The fourth-order valence-electron chi connectivity index (χ4n) is 0.635. The maximum Gasteiger partial charge on any atom is 0.174 e. The predicted molar refractivity (Wildman–Crippen MR) is 48.5 cm³/mol. The zero-order valence-corrected chi connectivity index (χ0v) is 8.43. The van der Waals surface area contributed by atoms with Crippen LogP contribution >= 0.6 is 0 Å². The number of ether oxygens (including phenoxy) is 1. The van der Waals surface area contributed by atoms with Gasteiger partial charge in [-0.15, -0.1) is 0 Å². The third-order valence-corrected chi connectivity index (χ3v) is 2.73. The van der Waals surface area contributed by atoms with Crippen molar-refractivity contribution in [3.8, 4) is 0 Å². The summed E-state index contributed by atoms with van der Waals surface area (Å²) >= 11 is 0. The van der Waals surface area contributed by atoms with Crippen LogP contribution in [0.3, 0.4) is 0 Å². The SMILES string of the molecule is CCOCS(=O)(=O)CCC(C)N. The molecule has 74 valence electrons. The Morgan fingerprint density at radius 2 is 2.08 bits per heavy atom. The molecule has 0 saturated carbocycles. The molecule has 0 radical (unpaired) electrons. The molecule has 0 aliphatic carbocycles. The number of sulfone groups is 1. The van der Waals surface area contributed by atoms with E-state index in [1.165, 1.54) is 0 Å². The van der Waals surface area contributed by atoms with Crippen LogP contribution in [0.4, 0.5) is 0 Å². The summed E-state index contributed by atoms with van der Waals surface area (Å²) in [5.41, 5.74) is 5.42. The first-order chi connectivity index (χ1) is 5.48. The Labute approximate surface area is 74.0 Å². The van der Waals surface area contributed by atoms with E-state index in [1.54, 1.807) is 13.8 Å². The second-order valence-electron chi connectivity index (χ2n) is 2.82. The van der Waals surface area contributed by atoms with Gasteiger partial charge < -0.3 is 10.5 Å². The molecule has 0 bridgehead atoms. The van der Waals surface area contributed by atoms with Gasteiger partial charge >= 0.3 is 0 Å². The third-order valence-electron chi connectivity index (χ3n) is 1.35. The quantitative estimate of drug-likeness (QED) is 0.654. The van der Waals surface area contributed by atoms with Crippen LogP contribution in [0.25, 0.3) is 0 Å². The minimum atomic E-state index is -3.04. The Hall–Kier alpha value is -0.130. The molecule has 0 spiro atoms. The van der Waals surface area contributed by atoms with E-state index >= 15 is 0 Å². The number of hydrogen-bond donors (Lipinski definition) is 1. The van der Waals surface area contributed by atoms with Crippen LogP contribution in [0.15, 0.2) is 0 Å². The van der Waals surface area contributed by atoms with Gasteiger partial charge in [-0.05, 0) is 20.3 Å². The molecule has 2 N–H and O–H groups in total. The molecule has 1 atom stereocenters. The second-order valence-corrected chi connectivity index (χ2v) is 4.96. The first-order valence-electron chi connectivity index (χ1n) is 4.01. The highest BCUT2D eigenvalue weighted by molar-refractivity contribution is 7.91. The van der Waals surface area contributed by atoms with E-state index in [4.69, 9.17) is 10.5 Å². The van der Waals surface area contributed by atoms with Crippen molar-refractivity contribution in [2.24, 2.45) is 5.73 Å². The molecule has 0 rings (SSSR count). The van der Waals surface area contributed by atoms with E-state index in [0.717, 1.165) is 0 Å². The fourth-order valence-corrected chi connectivity index (χ4v) is 1.90. The van der Waals surface area contributed by atoms with Gasteiger partial charge in [0.15, 0.2) is 9.84 Å². The molecular formula is C7H17NO3S. The third kappa shape index (κ3) is 6.57. The summed E-state index contributed by atoms with van der Waals surface area (Å²) in [6.45, 7) is 3.98. The molecule has 5 heteroatoms. The molecule has 0 aromatic carbocycles. The Morgan fingerprint density at radius 3 is 2.50 bits per heavy atom. The highest BCUT2D eigenvalue weighted by Gasteiger charge is 2.10. The average Bonchev–Trinajstić information content (AvgIpc) is 1.98. The largest absolute Gasteiger partial charge is 0.366 e. The minimum absolute atomic E-state index is 0.0681. The molecule has 4 nitrogen and oxygen atoms in total. The van der Waals surface area contributed by atoms with E-state index in [1.807, 2.05) is 0 Å². The van der Waals surface area contributed by atoms with Gasteiger partial charge in [-0.1, -0.05) is 0 Å². The lowest BCUT2D eigenvalue weighted by atomic mass is 10.3. The van der Waals surface area contributed by atoms with Gasteiger partial charge in [0.2, 0.25) is 0 Å². The summed E-state index contributed by atoms with van der Waals surface area (Å²) < 4.78 is 27.0. The first-order valence-corrected chi connectivity index (χ1v) is 5.84. The minimum Gasteiger partial charge on any atom is -0.366 e. The van der Waals surface area contributed by atoms with Gasteiger partial charge in [-0.25, -0.2) is 8.42 Å². The van der Waals surface area contributed by atoms with Gasteiger partial charge in [-0.2, -0.15) is 0 Å². The molecule has 12 heavy (non-hydrogen) atoms. The van der Waals surface area contributed by atoms with Crippen LogP contribution < -0.4 is 5.73 Å². The highest BCUT2D eigenvalue weighted by Crippen LogP contribution is 1.97. The van der Waals surface area contributed by atoms with Gasteiger partial charge in [0.1, 0.15) is 5.94 Å². The van der Waals surface area contributed by atoms with Crippen molar-refractivity contribution in [2.75, 3.05) is 18.3 Å². The maximum atomic E-state index is 11.1. The van der Waals surface area contributed by atoms with Crippen molar-refractivity contribution >= 4 is 9.84 Å². The molecule has 0 saturated heterocycles. The van der Waals surface area contributed by atoms with Crippen molar-refractivity contribution in [2.45, 2.75) is 26.3 Å². The van der Waals surface area contributed by atoms with Crippen LogP contribution in [0.5, 0.6) is 0 Å². The van der Waals surface area contributed by atoms with Gasteiger partial charge in [0.25, 0.3) is 0 Å². The van der Waals surface area contributed by atoms with Gasteiger partial charge in [0.05, 0.1) is 5.75 Å². The molecule has 0 aromatic rings. The topological polar surface area (TPSA) is 69.4 Å². The standard InChI is InChI=1S/C7H17NO3S/c1-3-11-6-12(9,10)5-4-7(2)8/h7H,3-6,8H2,1-2H3. The van der Waals surface area contributed by atoms with Crippen molar-refractivity contribution in [3.05, 3.63) is 0 Å². The smallest absolute Gasteiger partial charge is 0.174 e. The summed E-state index contributed by atoms with van der Waals surface area (Å²) in [6, 6.07) is -0.0681. The van der Waals surface area contributed by atoms with E-state index in [2.05, 4.69) is 0 Å². The Balaban J connectivity index is 3.73. The molecule has 0 fully saturated rings. The molecule has 0 amide bonds. The second kappa shape index (κ2) is 5.50. The zero-order chi connectivity index (χ0) is 9.61. The van der Waals surface area contributed by atoms with E-state index in [0.29, 0.717) is 13.0 Å². The van der Waals surface area contributed by atoms with Crippen LogP contribution in [0.1, 0.15) is 20.3 Å². The monoisotopic (exact) mass is 195 g/mol. The average molecular weight is 195 g/mol. The molecule has 0 aromatic heterocycles. The molecule has 0 aliphatic rings. The summed E-state index contributed by atoms with van der Waals surface area (Å²) in [4.78, 5) is 0. The lowest BCUT2D eigenvalue weighted by molar-refractivity contribution is 0.192. The Kier molecular flexibility index (Phi) is 5.44. The lowest BCUT2D eigenvalue weighted by Crippen LogP contribution is -2.22. The Bertz CT molecular complexity index is 199. The van der Waals surface area contributed by atoms with Crippen LogP contribution in [-0.2, 0) is 14.6 Å². The lowest BCUT2D eigenvalue weighted by Gasteiger charge is -2.05. The first kappa shape index (κ1) is 11.9. The summed E-state index contributed by atoms with van der Waals surface area (Å²) in [5.74, 6) is -0.0686. The van der Waals surface area contributed by atoms with Crippen LogP contribution in [0, 0.1) is 0 Å². The van der Waals surface area contributed by atoms with Crippen molar-refractivity contribution < 1.29 is 13.2 Å². The normalized spacial score (nSPS) is 14.6. The zero-order valence-electron chi connectivity index (χ0n) is 7.62. The summed E-state index contributed by atoms with van der Waals surface area (Å²) in [6.07, 6.45) is 0.495. The summed E-state index contributed by atoms with van der Waals surface area (Å²) in [5, 5.41) is 0. The predicted octanol–water partition coefficient (Wildman–Crippen LogP) is 0.132. The molecular weight excluding hydrogens is 178 g/mol. The van der Waals surface area contributed by atoms with E-state index < -0.39 is 9.84 Å².